The van der Waals surface area contributed by atoms with Crippen LogP contribution in [0.5, 0.6) is 5.75 Å². The van der Waals surface area contributed by atoms with Crippen LogP contribution in [0.1, 0.15) is 16.8 Å². The van der Waals surface area contributed by atoms with Gasteiger partial charge in [-0.25, -0.2) is 0 Å². The Bertz CT molecular complexity index is 314. The van der Waals surface area contributed by atoms with Crippen LogP contribution in [0.4, 0.5) is 0 Å². The summed E-state index contributed by atoms with van der Waals surface area (Å²) in [6, 6.07) is 6.30. The molecule has 0 aliphatic carbocycles. The van der Waals surface area contributed by atoms with Gasteiger partial charge in [-0.2, -0.15) is 0 Å². The Morgan fingerprint density at radius 1 is 1.54 bits per heavy atom. The molecule has 0 radical (unpaired) electrons. The lowest BCUT2D eigenvalue weighted by molar-refractivity contribution is 0.413. The van der Waals surface area contributed by atoms with Crippen molar-refractivity contribution in [3.63, 3.8) is 0 Å². The van der Waals surface area contributed by atoms with Crippen molar-refractivity contribution < 1.29 is 4.74 Å². The molecular formula is C10H11BrOS. The van der Waals surface area contributed by atoms with Gasteiger partial charge in [0.05, 0.1) is 7.11 Å². The zero-order valence-corrected chi connectivity index (χ0v) is 9.82. The minimum atomic E-state index is 0.523. The SMILES string of the molecule is COc1ccc2c(c1)SCCC2Br. The molecule has 1 aromatic rings. The quantitative estimate of drug-likeness (QED) is 0.712. The van der Waals surface area contributed by atoms with Gasteiger partial charge in [0.2, 0.25) is 0 Å². The molecule has 0 saturated carbocycles. The Morgan fingerprint density at radius 2 is 2.38 bits per heavy atom. The molecule has 1 aliphatic rings. The first-order chi connectivity index (χ1) is 6.31. The lowest BCUT2D eigenvalue weighted by Gasteiger charge is -2.20. The summed E-state index contributed by atoms with van der Waals surface area (Å²) in [6.07, 6.45) is 1.21. The largest absolute Gasteiger partial charge is 0.497 e. The van der Waals surface area contributed by atoms with Crippen molar-refractivity contribution in [3.8, 4) is 5.75 Å². The summed E-state index contributed by atoms with van der Waals surface area (Å²) in [7, 11) is 1.71. The first kappa shape index (κ1) is 9.41. The van der Waals surface area contributed by atoms with Gasteiger partial charge < -0.3 is 4.74 Å². The highest BCUT2D eigenvalue weighted by molar-refractivity contribution is 9.09. The molecule has 1 unspecified atom stereocenters. The second-order valence-corrected chi connectivity index (χ2v) is 5.25. The average molecular weight is 259 g/mol. The summed E-state index contributed by atoms with van der Waals surface area (Å²) in [5, 5.41) is 0. The first-order valence-corrected chi connectivity index (χ1v) is 6.16. The fourth-order valence-electron chi connectivity index (χ4n) is 1.45. The summed E-state index contributed by atoms with van der Waals surface area (Å²) in [6.45, 7) is 0. The molecule has 0 spiro atoms. The van der Waals surface area contributed by atoms with Crippen molar-refractivity contribution >= 4 is 27.7 Å². The predicted molar refractivity (Wildman–Crippen MR) is 60.0 cm³/mol. The van der Waals surface area contributed by atoms with Crippen LogP contribution in [0.25, 0.3) is 0 Å². The highest BCUT2D eigenvalue weighted by Gasteiger charge is 2.18. The van der Waals surface area contributed by atoms with Crippen LogP contribution in [0.15, 0.2) is 23.1 Å². The van der Waals surface area contributed by atoms with E-state index in [4.69, 9.17) is 4.74 Å². The number of fused-ring (bicyclic) bond motifs is 1. The number of ether oxygens (including phenoxy) is 1. The number of alkyl halides is 1. The van der Waals surface area contributed by atoms with E-state index in [1.807, 2.05) is 17.8 Å². The number of hydrogen-bond acceptors (Lipinski definition) is 2. The fraction of sp³-hybridized carbons (Fsp3) is 0.400. The van der Waals surface area contributed by atoms with Crippen LogP contribution in [-0.2, 0) is 0 Å². The van der Waals surface area contributed by atoms with Crippen molar-refractivity contribution in [1.82, 2.24) is 0 Å². The average Bonchev–Trinajstić information content (AvgIpc) is 2.18. The van der Waals surface area contributed by atoms with Crippen molar-refractivity contribution in [2.45, 2.75) is 16.1 Å². The molecule has 1 atom stereocenters. The minimum absolute atomic E-state index is 0.523. The molecule has 1 aliphatic heterocycles. The molecule has 3 heteroatoms. The lowest BCUT2D eigenvalue weighted by atomic mass is 10.1. The standard InChI is InChI=1S/C10H11BrOS/c1-12-7-2-3-8-9(11)4-5-13-10(8)6-7/h2-3,6,9H,4-5H2,1H3. The van der Waals surface area contributed by atoms with E-state index in [1.165, 1.54) is 22.6 Å². The van der Waals surface area contributed by atoms with Crippen LogP contribution in [-0.4, -0.2) is 12.9 Å². The molecule has 2 rings (SSSR count). The normalized spacial score (nSPS) is 20.9. The van der Waals surface area contributed by atoms with Gasteiger partial charge in [0.15, 0.2) is 0 Å². The molecule has 0 fully saturated rings. The molecule has 0 bridgehead atoms. The number of rotatable bonds is 1. The smallest absolute Gasteiger partial charge is 0.119 e. The third-order valence-corrected chi connectivity index (χ3v) is 4.24. The molecule has 1 heterocycles. The maximum atomic E-state index is 5.19. The maximum Gasteiger partial charge on any atom is 0.119 e. The number of methoxy groups -OCH3 is 1. The molecular weight excluding hydrogens is 248 g/mol. The highest BCUT2D eigenvalue weighted by Crippen LogP contribution is 2.42. The Kier molecular flexibility index (Phi) is 2.84. The van der Waals surface area contributed by atoms with E-state index in [2.05, 4.69) is 28.1 Å². The van der Waals surface area contributed by atoms with Crippen LogP contribution >= 0.6 is 27.7 Å². The topological polar surface area (TPSA) is 9.23 Å². The summed E-state index contributed by atoms with van der Waals surface area (Å²) >= 11 is 5.59. The Labute approximate surface area is 91.0 Å². The number of halogens is 1. The zero-order chi connectivity index (χ0) is 9.26. The molecule has 0 saturated heterocycles. The monoisotopic (exact) mass is 258 g/mol. The molecule has 70 valence electrons. The van der Waals surface area contributed by atoms with Gasteiger partial charge in [-0.3, -0.25) is 0 Å². The third-order valence-electron chi connectivity index (χ3n) is 2.19. The van der Waals surface area contributed by atoms with E-state index >= 15 is 0 Å². The minimum Gasteiger partial charge on any atom is -0.497 e. The van der Waals surface area contributed by atoms with Crippen LogP contribution in [0.2, 0.25) is 0 Å². The molecule has 0 amide bonds. The predicted octanol–water partition coefficient (Wildman–Crippen LogP) is 3.63. The Morgan fingerprint density at radius 3 is 3.15 bits per heavy atom. The van der Waals surface area contributed by atoms with Crippen LogP contribution < -0.4 is 4.74 Å². The van der Waals surface area contributed by atoms with E-state index in [0.717, 1.165) is 5.75 Å². The van der Waals surface area contributed by atoms with Gasteiger partial charge in [0, 0.05) is 9.72 Å². The van der Waals surface area contributed by atoms with E-state index < -0.39 is 0 Å². The molecule has 0 aromatic heterocycles. The molecule has 1 nitrogen and oxygen atoms in total. The Hall–Kier alpha value is -0.150. The van der Waals surface area contributed by atoms with E-state index in [9.17, 15) is 0 Å². The number of benzene rings is 1. The number of hydrogen-bond donors (Lipinski definition) is 0. The summed E-state index contributed by atoms with van der Waals surface area (Å²) in [4.78, 5) is 1.88. The molecule has 0 N–H and O–H groups in total. The summed E-state index contributed by atoms with van der Waals surface area (Å²) in [5.41, 5.74) is 1.40. The van der Waals surface area contributed by atoms with Gasteiger partial charge >= 0.3 is 0 Å². The highest BCUT2D eigenvalue weighted by atomic mass is 79.9. The van der Waals surface area contributed by atoms with Gasteiger partial charge in [-0.1, -0.05) is 22.0 Å². The van der Waals surface area contributed by atoms with Crippen LogP contribution in [0.3, 0.4) is 0 Å². The van der Waals surface area contributed by atoms with Gasteiger partial charge in [0.25, 0.3) is 0 Å². The van der Waals surface area contributed by atoms with Crippen molar-refractivity contribution in [2.24, 2.45) is 0 Å². The van der Waals surface area contributed by atoms with Crippen molar-refractivity contribution in [2.75, 3.05) is 12.9 Å². The lowest BCUT2D eigenvalue weighted by Crippen LogP contribution is -2.01. The Balaban J connectivity index is 2.39. The maximum absolute atomic E-state index is 5.19. The zero-order valence-electron chi connectivity index (χ0n) is 7.42. The van der Waals surface area contributed by atoms with Crippen molar-refractivity contribution in [3.05, 3.63) is 23.8 Å². The van der Waals surface area contributed by atoms with Crippen LogP contribution in [0, 0.1) is 0 Å². The molecule has 13 heavy (non-hydrogen) atoms. The van der Waals surface area contributed by atoms with E-state index in [-0.39, 0.29) is 0 Å². The second kappa shape index (κ2) is 3.93. The second-order valence-electron chi connectivity index (χ2n) is 3.01. The van der Waals surface area contributed by atoms with Crippen molar-refractivity contribution in [1.29, 1.82) is 0 Å². The molecule has 1 aromatic carbocycles. The third kappa shape index (κ3) is 1.86. The van der Waals surface area contributed by atoms with Gasteiger partial charge in [-0.15, -0.1) is 11.8 Å². The van der Waals surface area contributed by atoms with E-state index in [1.54, 1.807) is 7.11 Å². The first-order valence-electron chi connectivity index (χ1n) is 4.26. The summed E-state index contributed by atoms with van der Waals surface area (Å²) < 4.78 is 5.19. The van der Waals surface area contributed by atoms with E-state index in [0.29, 0.717) is 4.83 Å². The summed E-state index contributed by atoms with van der Waals surface area (Å²) in [5.74, 6) is 2.14. The fourth-order valence-corrected chi connectivity index (χ4v) is 3.69. The van der Waals surface area contributed by atoms with Gasteiger partial charge in [0.1, 0.15) is 5.75 Å². The number of thioether (sulfide) groups is 1. The van der Waals surface area contributed by atoms with Gasteiger partial charge in [-0.05, 0) is 29.9 Å².